The monoisotopic (exact) mass is 251 g/mol. The van der Waals surface area contributed by atoms with Gasteiger partial charge in [0, 0.05) is 10.9 Å². The van der Waals surface area contributed by atoms with E-state index in [-0.39, 0.29) is 12.5 Å². The number of nitrogens with two attached hydrogens (primary N) is 1. The van der Waals surface area contributed by atoms with Crippen LogP contribution in [0.3, 0.4) is 0 Å². The van der Waals surface area contributed by atoms with Crippen LogP contribution in [0.5, 0.6) is 0 Å². The Bertz CT molecular complexity index is 481. The van der Waals surface area contributed by atoms with Gasteiger partial charge in [-0.25, -0.2) is 0 Å². The molecule has 0 saturated heterocycles. The van der Waals surface area contributed by atoms with Crippen LogP contribution in [0, 0.1) is 0 Å². The van der Waals surface area contributed by atoms with Crippen LogP contribution < -0.4 is 5.73 Å². The molecule has 1 aromatic heterocycles. The highest BCUT2D eigenvalue weighted by Crippen LogP contribution is 2.20. The molecule has 90 valence electrons. The van der Waals surface area contributed by atoms with E-state index in [1.165, 1.54) is 5.56 Å². The first-order valence-electron chi connectivity index (χ1n) is 5.46. The zero-order valence-corrected chi connectivity index (χ0v) is 10.3. The smallest absolute Gasteiger partial charge is 0.230 e. The fraction of sp³-hybridized carbons (Fsp3) is 0.333. The Labute approximate surface area is 105 Å². The van der Waals surface area contributed by atoms with Gasteiger partial charge in [0.15, 0.2) is 0 Å². The van der Waals surface area contributed by atoms with Crippen LogP contribution in [0.15, 0.2) is 28.7 Å². The molecule has 0 amide bonds. The maximum atomic E-state index is 5.83. The van der Waals surface area contributed by atoms with Crippen molar-refractivity contribution in [3.63, 3.8) is 0 Å². The molecule has 4 nitrogen and oxygen atoms in total. The van der Waals surface area contributed by atoms with Gasteiger partial charge in [0.05, 0.1) is 6.54 Å². The van der Waals surface area contributed by atoms with Crippen LogP contribution in [0.2, 0.25) is 5.02 Å². The van der Waals surface area contributed by atoms with Gasteiger partial charge in [-0.3, -0.25) is 0 Å². The van der Waals surface area contributed by atoms with E-state index in [9.17, 15) is 0 Å². The number of benzene rings is 1. The van der Waals surface area contributed by atoms with E-state index in [0.717, 1.165) is 11.4 Å². The molecule has 17 heavy (non-hydrogen) atoms. The van der Waals surface area contributed by atoms with Crippen molar-refractivity contribution in [1.82, 2.24) is 10.2 Å². The molecule has 0 fully saturated rings. The Hall–Kier alpha value is -1.39. The molecule has 1 atom stereocenters. The zero-order valence-electron chi connectivity index (χ0n) is 9.56. The van der Waals surface area contributed by atoms with Crippen molar-refractivity contribution in [2.75, 3.05) is 0 Å². The van der Waals surface area contributed by atoms with Crippen LogP contribution >= 0.6 is 11.6 Å². The predicted octanol–water partition coefficient (Wildman–Crippen LogP) is 2.53. The summed E-state index contributed by atoms with van der Waals surface area (Å²) in [5.41, 5.74) is 6.61. The maximum Gasteiger partial charge on any atom is 0.230 e. The zero-order chi connectivity index (χ0) is 12.3. The number of hydrogen-bond acceptors (Lipinski definition) is 4. The van der Waals surface area contributed by atoms with E-state index in [1.807, 2.05) is 31.2 Å². The Morgan fingerprint density at radius 2 is 2.00 bits per heavy atom. The highest BCUT2D eigenvalue weighted by molar-refractivity contribution is 6.30. The van der Waals surface area contributed by atoms with E-state index < -0.39 is 0 Å². The first-order valence-corrected chi connectivity index (χ1v) is 5.83. The minimum atomic E-state index is 0.170. The Kier molecular flexibility index (Phi) is 3.76. The molecule has 0 saturated carbocycles. The molecule has 0 unspecified atom stereocenters. The van der Waals surface area contributed by atoms with Crippen molar-refractivity contribution in [1.29, 1.82) is 0 Å². The van der Waals surface area contributed by atoms with Crippen LogP contribution in [-0.4, -0.2) is 10.2 Å². The maximum absolute atomic E-state index is 5.83. The normalized spacial score (nSPS) is 12.6. The van der Waals surface area contributed by atoms with Crippen LogP contribution in [0.4, 0.5) is 0 Å². The van der Waals surface area contributed by atoms with Crippen molar-refractivity contribution in [3.8, 4) is 0 Å². The van der Waals surface area contributed by atoms with Gasteiger partial charge in [0.25, 0.3) is 0 Å². The van der Waals surface area contributed by atoms with Crippen molar-refractivity contribution in [2.45, 2.75) is 25.8 Å². The Morgan fingerprint density at radius 3 is 2.59 bits per heavy atom. The van der Waals surface area contributed by atoms with Crippen LogP contribution in [0.25, 0.3) is 0 Å². The number of nitrogens with zero attached hydrogens (tertiary/aromatic N) is 2. The second-order valence-corrected chi connectivity index (χ2v) is 4.41. The number of halogens is 1. The fourth-order valence-corrected chi connectivity index (χ4v) is 1.74. The minimum absolute atomic E-state index is 0.170. The van der Waals surface area contributed by atoms with Crippen LogP contribution in [-0.2, 0) is 13.0 Å². The molecule has 1 heterocycles. The second-order valence-electron chi connectivity index (χ2n) is 3.97. The fourth-order valence-electron chi connectivity index (χ4n) is 1.61. The molecule has 0 radical (unpaired) electrons. The van der Waals surface area contributed by atoms with Gasteiger partial charge in [0.2, 0.25) is 11.8 Å². The predicted molar refractivity (Wildman–Crippen MR) is 65.8 cm³/mol. The van der Waals surface area contributed by atoms with Crippen LogP contribution in [0.1, 0.15) is 30.2 Å². The second kappa shape index (κ2) is 5.29. The summed E-state index contributed by atoms with van der Waals surface area (Å²) in [5, 5.41) is 8.57. The van der Waals surface area contributed by atoms with E-state index in [2.05, 4.69) is 10.2 Å². The average Bonchev–Trinajstić information content (AvgIpc) is 2.81. The lowest BCUT2D eigenvalue weighted by Gasteiger charge is -2.06. The molecular formula is C12H14ClN3O. The highest BCUT2D eigenvalue weighted by atomic mass is 35.5. The highest BCUT2D eigenvalue weighted by Gasteiger charge is 2.13. The van der Waals surface area contributed by atoms with Gasteiger partial charge >= 0.3 is 0 Å². The largest absolute Gasteiger partial charge is 0.424 e. The third-order valence-corrected chi connectivity index (χ3v) is 2.79. The first kappa shape index (κ1) is 12.1. The standard InChI is InChI=1S/C12H14ClN3O/c1-8(12-16-15-11(7-14)17-12)6-9-2-4-10(13)5-3-9/h2-5,8H,6-7,14H2,1H3/t8-/m0/s1. The van der Waals surface area contributed by atoms with Gasteiger partial charge in [-0.05, 0) is 24.1 Å². The summed E-state index contributed by atoms with van der Waals surface area (Å²) in [5.74, 6) is 1.27. The molecule has 2 aromatic rings. The molecule has 0 aliphatic rings. The molecular weight excluding hydrogens is 238 g/mol. The SMILES string of the molecule is C[C@@H](Cc1ccc(Cl)cc1)c1nnc(CN)o1. The first-order chi connectivity index (χ1) is 8.19. The van der Waals surface area contributed by atoms with Crippen molar-refractivity contribution < 1.29 is 4.42 Å². The molecule has 5 heteroatoms. The number of hydrogen-bond donors (Lipinski definition) is 1. The molecule has 0 spiro atoms. The van der Waals surface area contributed by atoms with Gasteiger partial charge in [0.1, 0.15) is 0 Å². The number of aromatic nitrogens is 2. The third kappa shape index (κ3) is 3.05. The minimum Gasteiger partial charge on any atom is -0.424 e. The van der Waals surface area contributed by atoms with E-state index in [1.54, 1.807) is 0 Å². The van der Waals surface area contributed by atoms with Gasteiger partial charge in [-0.15, -0.1) is 10.2 Å². The molecule has 1 aromatic carbocycles. The molecule has 0 bridgehead atoms. The molecule has 0 aliphatic heterocycles. The summed E-state index contributed by atoms with van der Waals surface area (Å²) in [7, 11) is 0. The lowest BCUT2D eigenvalue weighted by Crippen LogP contribution is -1.99. The van der Waals surface area contributed by atoms with Gasteiger partial charge < -0.3 is 10.2 Å². The van der Waals surface area contributed by atoms with E-state index in [0.29, 0.717) is 11.8 Å². The van der Waals surface area contributed by atoms with Crippen molar-refractivity contribution in [3.05, 3.63) is 46.6 Å². The molecule has 2 rings (SSSR count). The summed E-state index contributed by atoms with van der Waals surface area (Å²) < 4.78 is 5.42. The topological polar surface area (TPSA) is 64.9 Å². The Morgan fingerprint density at radius 1 is 1.29 bits per heavy atom. The summed E-state index contributed by atoms with van der Waals surface area (Å²) in [6.07, 6.45) is 0.837. The Balaban J connectivity index is 2.05. The summed E-state index contributed by atoms with van der Waals surface area (Å²) >= 11 is 5.83. The molecule has 0 aliphatic carbocycles. The third-order valence-electron chi connectivity index (χ3n) is 2.53. The summed E-state index contributed by atoms with van der Waals surface area (Å²) in [6.45, 7) is 2.32. The van der Waals surface area contributed by atoms with Crippen molar-refractivity contribution in [2.24, 2.45) is 5.73 Å². The van der Waals surface area contributed by atoms with E-state index in [4.69, 9.17) is 21.8 Å². The quantitative estimate of drug-likeness (QED) is 0.907. The van der Waals surface area contributed by atoms with Gasteiger partial charge in [-0.1, -0.05) is 30.7 Å². The average molecular weight is 252 g/mol. The van der Waals surface area contributed by atoms with E-state index >= 15 is 0 Å². The summed E-state index contributed by atoms with van der Waals surface area (Å²) in [4.78, 5) is 0. The lowest BCUT2D eigenvalue weighted by molar-refractivity contribution is 0.423. The van der Waals surface area contributed by atoms with Gasteiger partial charge in [-0.2, -0.15) is 0 Å². The number of rotatable bonds is 4. The summed E-state index contributed by atoms with van der Waals surface area (Å²) in [6, 6.07) is 7.75. The lowest BCUT2D eigenvalue weighted by atomic mass is 10.0. The molecule has 2 N–H and O–H groups in total. The van der Waals surface area contributed by atoms with Crippen molar-refractivity contribution >= 4 is 11.6 Å².